The summed E-state index contributed by atoms with van der Waals surface area (Å²) in [5, 5.41) is 0. The highest BCUT2D eigenvalue weighted by atomic mass is 14.3. The molecule has 0 heterocycles. The molecule has 0 atom stereocenters. The largest absolute Gasteiger partial charge is 0.0952 e. The molecule has 0 aromatic carbocycles. The zero-order valence-electron chi connectivity index (χ0n) is 6.14. The molecule has 0 radical (unpaired) electrons. The van der Waals surface area contributed by atoms with Crippen molar-refractivity contribution in [3.05, 3.63) is 36.0 Å². The monoisotopic (exact) mass is 132 g/mol. The van der Waals surface area contributed by atoms with E-state index in [1.54, 1.807) is 0 Å². The van der Waals surface area contributed by atoms with Gasteiger partial charge in [-0.1, -0.05) is 24.8 Å². The van der Waals surface area contributed by atoms with Crippen molar-refractivity contribution < 1.29 is 0 Å². The lowest BCUT2D eigenvalue weighted by Crippen LogP contribution is -1.92. The molecule has 0 aromatic rings. The van der Waals surface area contributed by atoms with Crippen molar-refractivity contribution in [3.8, 4) is 0 Å². The molecule has 0 nitrogen and oxygen atoms in total. The maximum absolute atomic E-state index is 4.04. The summed E-state index contributed by atoms with van der Waals surface area (Å²) in [5.41, 5.74) is 2.85. The smallest absolute Gasteiger partial charge is 0.00974 e. The molecule has 0 spiro atoms. The zero-order chi connectivity index (χ0) is 6.97. The molecule has 1 saturated carbocycles. The molecule has 10 heavy (non-hydrogen) atoms. The third kappa shape index (κ3) is 0.942. The van der Waals surface area contributed by atoms with Crippen LogP contribution in [0.3, 0.4) is 0 Å². The number of allylic oxidation sites excluding steroid dienone is 5. The molecule has 0 saturated heterocycles. The topological polar surface area (TPSA) is 0 Å². The van der Waals surface area contributed by atoms with E-state index in [1.165, 1.54) is 24.0 Å². The van der Waals surface area contributed by atoms with Crippen LogP contribution in [0.25, 0.3) is 0 Å². The summed E-state index contributed by atoms with van der Waals surface area (Å²) >= 11 is 0. The van der Waals surface area contributed by atoms with Crippen LogP contribution in [0.2, 0.25) is 0 Å². The van der Waals surface area contributed by atoms with Gasteiger partial charge in [0.15, 0.2) is 0 Å². The van der Waals surface area contributed by atoms with Crippen LogP contribution in [0.15, 0.2) is 36.0 Å². The first-order valence-electron chi connectivity index (χ1n) is 3.93. The van der Waals surface area contributed by atoms with Gasteiger partial charge in [0.05, 0.1) is 0 Å². The Kier molecular flexibility index (Phi) is 1.26. The molecule has 0 aliphatic heterocycles. The quantitative estimate of drug-likeness (QED) is 0.514. The average molecular weight is 132 g/mol. The highest BCUT2D eigenvalue weighted by molar-refractivity contribution is 5.40. The van der Waals surface area contributed by atoms with Gasteiger partial charge in [-0.15, -0.1) is 0 Å². The summed E-state index contributed by atoms with van der Waals surface area (Å²) in [4.78, 5) is 0. The predicted molar refractivity (Wildman–Crippen MR) is 43.7 cm³/mol. The second kappa shape index (κ2) is 2.12. The fourth-order valence-corrected chi connectivity index (χ4v) is 1.44. The lowest BCUT2D eigenvalue weighted by molar-refractivity contribution is 0.985. The molecule has 52 valence electrons. The Hall–Kier alpha value is -0.780. The third-order valence-electron chi connectivity index (χ3n) is 2.20. The minimum absolute atomic E-state index is 0.873. The Balaban J connectivity index is 2.21. The standard InChI is InChI=1S/C10H12/c1-8-4-2-3-5-10(8)9-6-7-9/h2-3,5,9H,1,4,6-7H2. The highest BCUT2D eigenvalue weighted by Gasteiger charge is 2.27. The maximum Gasteiger partial charge on any atom is -0.00974 e. The van der Waals surface area contributed by atoms with Gasteiger partial charge in [0, 0.05) is 0 Å². The predicted octanol–water partition coefficient (Wildman–Crippen LogP) is 2.84. The summed E-state index contributed by atoms with van der Waals surface area (Å²) in [6.45, 7) is 4.04. The SMILES string of the molecule is C=C1CC=CC=C1C1CC1. The van der Waals surface area contributed by atoms with Crippen LogP contribution in [-0.2, 0) is 0 Å². The lowest BCUT2D eigenvalue weighted by Gasteiger charge is -2.09. The van der Waals surface area contributed by atoms with Crippen LogP contribution >= 0.6 is 0 Å². The van der Waals surface area contributed by atoms with Crippen molar-refractivity contribution in [1.82, 2.24) is 0 Å². The van der Waals surface area contributed by atoms with Crippen molar-refractivity contribution in [2.75, 3.05) is 0 Å². The van der Waals surface area contributed by atoms with Gasteiger partial charge >= 0.3 is 0 Å². The normalized spacial score (nSPS) is 24.8. The Bertz CT molecular complexity index is 214. The third-order valence-corrected chi connectivity index (χ3v) is 2.20. The van der Waals surface area contributed by atoms with Gasteiger partial charge in [-0.2, -0.15) is 0 Å². The van der Waals surface area contributed by atoms with Crippen LogP contribution < -0.4 is 0 Å². The van der Waals surface area contributed by atoms with E-state index in [0.717, 1.165) is 12.3 Å². The molecular weight excluding hydrogens is 120 g/mol. The molecule has 0 N–H and O–H groups in total. The maximum atomic E-state index is 4.04. The van der Waals surface area contributed by atoms with E-state index in [-0.39, 0.29) is 0 Å². The molecule has 0 heteroatoms. The summed E-state index contributed by atoms with van der Waals surface area (Å²) in [6, 6.07) is 0. The van der Waals surface area contributed by atoms with Crippen molar-refractivity contribution in [2.24, 2.45) is 5.92 Å². The number of rotatable bonds is 1. The number of hydrogen-bond acceptors (Lipinski definition) is 0. The van der Waals surface area contributed by atoms with E-state index in [9.17, 15) is 0 Å². The zero-order valence-corrected chi connectivity index (χ0v) is 6.14. The fourth-order valence-electron chi connectivity index (χ4n) is 1.44. The van der Waals surface area contributed by atoms with Gasteiger partial charge in [0.25, 0.3) is 0 Å². The van der Waals surface area contributed by atoms with Gasteiger partial charge in [-0.25, -0.2) is 0 Å². The first-order valence-corrected chi connectivity index (χ1v) is 3.93. The summed E-state index contributed by atoms with van der Waals surface area (Å²) in [6.07, 6.45) is 10.4. The van der Waals surface area contributed by atoms with Crippen LogP contribution in [0.1, 0.15) is 19.3 Å². The molecule has 2 aliphatic carbocycles. The van der Waals surface area contributed by atoms with E-state index in [1.807, 2.05) is 0 Å². The molecule has 2 aliphatic rings. The molecule has 0 unspecified atom stereocenters. The summed E-state index contributed by atoms with van der Waals surface area (Å²) < 4.78 is 0. The van der Waals surface area contributed by atoms with Crippen LogP contribution in [0.5, 0.6) is 0 Å². The van der Waals surface area contributed by atoms with Crippen LogP contribution in [0, 0.1) is 5.92 Å². The van der Waals surface area contributed by atoms with Gasteiger partial charge < -0.3 is 0 Å². The van der Waals surface area contributed by atoms with Crippen molar-refractivity contribution in [1.29, 1.82) is 0 Å². The molecule has 1 fully saturated rings. The van der Waals surface area contributed by atoms with Gasteiger partial charge in [-0.3, -0.25) is 0 Å². The first-order chi connectivity index (χ1) is 4.88. The number of hydrogen-bond donors (Lipinski definition) is 0. The van der Waals surface area contributed by atoms with E-state index in [0.29, 0.717) is 0 Å². The van der Waals surface area contributed by atoms with Crippen LogP contribution in [0.4, 0.5) is 0 Å². The minimum atomic E-state index is 0.873. The Morgan fingerprint density at radius 2 is 2.20 bits per heavy atom. The molecule has 0 bridgehead atoms. The molecule has 0 aromatic heterocycles. The minimum Gasteiger partial charge on any atom is -0.0952 e. The molecule has 2 rings (SSSR count). The fraction of sp³-hybridized carbons (Fsp3) is 0.400. The lowest BCUT2D eigenvalue weighted by atomic mass is 9.96. The van der Waals surface area contributed by atoms with E-state index in [4.69, 9.17) is 0 Å². The van der Waals surface area contributed by atoms with Crippen molar-refractivity contribution in [2.45, 2.75) is 19.3 Å². The second-order valence-electron chi connectivity index (χ2n) is 3.13. The molecule has 0 amide bonds. The average Bonchev–Trinajstić information content (AvgIpc) is 2.71. The van der Waals surface area contributed by atoms with Gasteiger partial charge in [0.1, 0.15) is 0 Å². The van der Waals surface area contributed by atoms with Gasteiger partial charge in [0.2, 0.25) is 0 Å². The van der Waals surface area contributed by atoms with Crippen molar-refractivity contribution >= 4 is 0 Å². The Morgan fingerprint density at radius 1 is 1.40 bits per heavy atom. The van der Waals surface area contributed by atoms with E-state index < -0.39 is 0 Å². The van der Waals surface area contributed by atoms with E-state index in [2.05, 4.69) is 24.8 Å². The van der Waals surface area contributed by atoms with Gasteiger partial charge in [-0.05, 0) is 36.3 Å². The second-order valence-corrected chi connectivity index (χ2v) is 3.13. The van der Waals surface area contributed by atoms with E-state index >= 15 is 0 Å². The molecular formula is C10H12. The first kappa shape index (κ1) is 5.96. The summed E-state index contributed by atoms with van der Waals surface area (Å²) in [5.74, 6) is 0.873. The summed E-state index contributed by atoms with van der Waals surface area (Å²) in [7, 11) is 0. The Labute approximate surface area is 61.9 Å². The van der Waals surface area contributed by atoms with Crippen molar-refractivity contribution in [3.63, 3.8) is 0 Å². The Morgan fingerprint density at radius 3 is 2.80 bits per heavy atom. The van der Waals surface area contributed by atoms with Crippen LogP contribution in [-0.4, -0.2) is 0 Å². The highest BCUT2D eigenvalue weighted by Crippen LogP contribution is 2.41.